The number of nitrogens with zero attached hydrogens (tertiary/aromatic N) is 4. The summed E-state index contributed by atoms with van der Waals surface area (Å²) < 4.78 is 1.37. The van der Waals surface area contributed by atoms with Crippen molar-refractivity contribution in [3.8, 4) is 0 Å². The summed E-state index contributed by atoms with van der Waals surface area (Å²) in [5, 5.41) is 9.69. The van der Waals surface area contributed by atoms with Gasteiger partial charge in [0.25, 0.3) is 11.5 Å². The predicted octanol–water partition coefficient (Wildman–Crippen LogP) is 2.40. The Kier molecular flexibility index (Phi) is 6.34. The fourth-order valence-electron chi connectivity index (χ4n) is 3.41. The first-order valence-electron chi connectivity index (χ1n) is 9.72. The Balaban J connectivity index is 1.81. The Bertz CT molecular complexity index is 893. The molecule has 2 aromatic rings. The van der Waals surface area contributed by atoms with Crippen LogP contribution in [0.4, 0.5) is 0 Å². The van der Waals surface area contributed by atoms with E-state index in [2.05, 4.69) is 27.4 Å². The van der Waals surface area contributed by atoms with Crippen molar-refractivity contribution in [1.82, 2.24) is 20.1 Å². The molecule has 0 atom stereocenters. The summed E-state index contributed by atoms with van der Waals surface area (Å²) in [6.45, 7) is 7.69. The van der Waals surface area contributed by atoms with Gasteiger partial charge in [0.15, 0.2) is 5.69 Å². The lowest BCUT2D eigenvalue weighted by atomic mass is 10.1. The third kappa shape index (κ3) is 4.42. The van der Waals surface area contributed by atoms with Crippen LogP contribution in [0.2, 0.25) is 0 Å². The molecule has 1 aliphatic rings. The summed E-state index contributed by atoms with van der Waals surface area (Å²) in [6.07, 6.45) is 3.64. The van der Waals surface area contributed by atoms with Gasteiger partial charge in [-0.2, -0.15) is 10.2 Å². The summed E-state index contributed by atoms with van der Waals surface area (Å²) in [7, 11) is 0. The van der Waals surface area contributed by atoms with E-state index in [-0.39, 0.29) is 17.2 Å². The predicted molar refractivity (Wildman–Crippen MR) is 107 cm³/mol. The van der Waals surface area contributed by atoms with Gasteiger partial charge in [-0.3, -0.25) is 9.59 Å². The van der Waals surface area contributed by atoms with E-state index in [9.17, 15) is 9.59 Å². The van der Waals surface area contributed by atoms with Gasteiger partial charge in [0.1, 0.15) is 0 Å². The minimum atomic E-state index is -0.375. The molecule has 0 spiro atoms. The molecule has 0 aliphatic carbocycles. The smallest absolute Gasteiger partial charge is 0.292 e. The molecular formula is C20H27N5O2. The quantitative estimate of drug-likeness (QED) is 0.793. The summed E-state index contributed by atoms with van der Waals surface area (Å²) in [5.74, 6) is -0.375. The Hall–Kier alpha value is -2.54. The second kappa shape index (κ2) is 8.90. The number of fused-ring (bicyclic) bond motifs is 1. The van der Waals surface area contributed by atoms with Crippen molar-refractivity contribution in [2.75, 3.05) is 19.6 Å². The molecule has 0 radical (unpaired) electrons. The van der Waals surface area contributed by atoms with E-state index in [4.69, 9.17) is 0 Å². The molecule has 144 valence electrons. The highest BCUT2D eigenvalue weighted by atomic mass is 16.2. The van der Waals surface area contributed by atoms with Crippen molar-refractivity contribution < 1.29 is 4.79 Å². The number of amides is 1. The molecule has 27 heavy (non-hydrogen) atoms. The van der Waals surface area contributed by atoms with Crippen molar-refractivity contribution in [3.63, 3.8) is 0 Å². The molecule has 1 aliphatic heterocycles. The van der Waals surface area contributed by atoms with Gasteiger partial charge in [-0.15, -0.1) is 0 Å². The van der Waals surface area contributed by atoms with Gasteiger partial charge in [0.05, 0.1) is 5.39 Å². The number of hydrazone groups is 1. The standard InChI is InChI=1S/C20H27N5O2/c1-3-11-24-13-9-15(10-14-24)21-22-19(26)18-16-7-5-6-8-17(16)20(27)25(23-18)12-4-2/h5-8H,3-4,9-14H2,1-2H3,(H,22,26). The minimum absolute atomic E-state index is 0.168. The zero-order valence-corrected chi connectivity index (χ0v) is 16.1. The van der Waals surface area contributed by atoms with E-state index in [0.717, 1.165) is 51.0 Å². The van der Waals surface area contributed by atoms with E-state index in [1.165, 1.54) is 4.68 Å². The molecule has 1 N–H and O–H groups in total. The summed E-state index contributed by atoms with van der Waals surface area (Å²) in [5.41, 5.74) is 3.72. The maximum absolute atomic E-state index is 12.7. The van der Waals surface area contributed by atoms with Gasteiger partial charge in [0, 0.05) is 43.6 Å². The molecule has 0 bridgehead atoms. The number of likely N-dealkylation sites (tertiary alicyclic amines) is 1. The van der Waals surface area contributed by atoms with Crippen LogP contribution in [0.3, 0.4) is 0 Å². The molecule has 3 rings (SSSR count). The van der Waals surface area contributed by atoms with Crippen molar-refractivity contribution in [2.45, 2.75) is 46.1 Å². The maximum atomic E-state index is 12.7. The van der Waals surface area contributed by atoms with Crippen LogP contribution in [0.5, 0.6) is 0 Å². The first-order chi connectivity index (χ1) is 13.1. The summed E-state index contributed by atoms with van der Waals surface area (Å²) >= 11 is 0. The van der Waals surface area contributed by atoms with Crippen LogP contribution >= 0.6 is 0 Å². The zero-order chi connectivity index (χ0) is 19.2. The van der Waals surface area contributed by atoms with E-state index < -0.39 is 0 Å². The molecule has 1 aromatic heterocycles. The highest BCUT2D eigenvalue weighted by Gasteiger charge is 2.18. The largest absolute Gasteiger partial charge is 0.303 e. The van der Waals surface area contributed by atoms with Crippen LogP contribution in [0.15, 0.2) is 34.2 Å². The van der Waals surface area contributed by atoms with Crippen LogP contribution < -0.4 is 11.0 Å². The van der Waals surface area contributed by atoms with Crippen molar-refractivity contribution in [1.29, 1.82) is 0 Å². The molecule has 2 heterocycles. The van der Waals surface area contributed by atoms with E-state index in [1.54, 1.807) is 24.3 Å². The molecule has 0 unspecified atom stereocenters. The first-order valence-corrected chi connectivity index (χ1v) is 9.72. The fraction of sp³-hybridized carbons (Fsp3) is 0.500. The fourth-order valence-corrected chi connectivity index (χ4v) is 3.41. The number of piperidine rings is 1. The maximum Gasteiger partial charge on any atom is 0.292 e. The number of hydrogen-bond donors (Lipinski definition) is 1. The van der Waals surface area contributed by atoms with E-state index in [0.29, 0.717) is 17.3 Å². The number of hydrogen-bond acceptors (Lipinski definition) is 5. The van der Waals surface area contributed by atoms with Gasteiger partial charge < -0.3 is 4.90 Å². The van der Waals surface area contributed by atoms with Gasteiger partial charge in [-0.1, -0.05) is 32.0 Å². The van der Waals surface area contributed by atoms with Gasteiger partial charge in [-0.25, -0.2) is 10.1 Å². The summed E-state index contributed by atoms with van der Waals surface area (Å²) in [4.78, 5) is 27.7. The highest BCUT2D eigenvalue weighted by molar-refractivity contribution is 6.05. The van der Waals surface area contributed by atoms with Crippen LogP contribution in [0, 0.1) is 0 Å². The number of benzene rings is 1. The third-order valence-corrected chi connectivity index (χ3v) is 4.81. The van der Waals surface area contributed by atoms with Crippen molar-refractivity contribution in [3.05, 3.63) is 40.3 Å². The molecule has 1 fully saturated rings. The number of aromatic nitrogens is 2. The zero-order valence-electron chi connectivity index (χ0n) is 16.1. The normalized spacial score (nSPS) is 15.1. The second-order valence-corrected chi connectivity index (χ2v) is 6.88. The van der Waals surface area contributed by atoms with E-state index >= 15 is 0 Å². The molecule has 1 saturated heterocycles. The SMILES string of the molecule is CCCN1CCC(=NNC(=O)c2nn(CCC)c(=O)c3ccccc23)CC1. The Morgan fingerprint density at radius 1 is 1.11 bits per heavy atom. The molecule has 0 saturated carbocycles. The topological polar surface area (TPSA) is 79.6 Å². The number of carbonyl (C=O) groups excluding carboxylic acids is 1. The van der Waals surface area contributed by atoms with Gasteiger partial charge in [-0.05, 0) is 25.5 Å². The molecule has 7 heteroatoms. The Morgan fingerprint density at radius 2 is 1.78 bits per heavy atom. The van der Waals surface area contributed by atoms with Crippen LogP contribution in [-0.2, 0) is 6.54 Å². The second-order valence-electron chi connectivity index (χ2n) is 6.88. The molecule has 1 aromatic carbocycles. The summed E-state index contributed by atoms with van der Waals surface area (Å²) in [6, 6.07) is 7.09. The number of nitrogens with one attached hydrogen (secondary N) is 1. The number of carbonyl (C=O) groups is 1. The average molecular weight is 369 g/mol. The molecule has 7 nitrogen and oxygen atoms in total. The lowest BCUT2D eigenvalue weighted by Crippen LogP contribution is -2.35. The average Bonchev–Trinajstić information content (AvgIpc) is 2.70. The van der Waals surface area contributed by atoms with Crippen molar-refractivity contribution in [2.24, 2.45) is 5.10 Å². The lowest BCUT2D eigenvalue weighted by molar-refractivity contribution is 0.0948. The number of rotatable bonds is 6. The first kappa shape index (κ1) is 19.2. The molecular weight excluding hydrogens is 342 g/mol. The molecule has 1 amide bonds. The monoisotopic (exact) mass is 369 g/mol. The Labute approximate surface area is 159 Å². The van der Waals surface area contributed by atoms with Crippen LogP contribution in [0.1, 0.15) is 50.0 Å². The number of aryl methyl sites for hydroxylation is 1. The van der Waals surface area contributed by atoms with Crippen LogP contribution in [0.25, 0.3) is 10.8 Å². The van der Waals surface area contributed by atoms with Crippen LogP contribution in [-0.4, -0.2) is 45.9 Å². The van der Waals surface area contributed by atoms with Gasteiger partial charge >= 0.3 is 0 Å². The highest BCUT2D eigenvalue weighted by Crippen LogP contribution is 2.14. The van der Waals surface area contributed by atoms with Gasteiger partial charge in [0.2, 0.25) is 0 Å². The Morgan fingerprint density at radius 3 is 2.44 bits per heavy atom. The van der Waals surface area contributed by atoms with Crippen molar-refractivity contribution >= 4 is 22.4 Å². The van der Waals surface area contributed by atoms with E-state index in [1.807, 2.05) is 6.92 Å². The lowest BCUT2D eigenvalue weighted by Gasteiger charge is -2.26. The minimum Gasteiger partial charge on any atom is -0.303 e. The third-order valence-electron chi connectivity index (χ3n) is 4.81.